The van der Waals surface area contributed by atoms with Gasteiger partial charge >= 0.3 is 0 Å². The molecule has 0 aromatic carbocycles. The molecule has 1 N–H and O–H groups in total. The quantitative estimate of drug-likeness (QED) is 0.599. The van der Waals surface area contributed by atoms with E-state index in [1.54, 1.807) is 0 Å². The molecule has 20 heavy (non-hydrogen) atoms. The Morgan fingerprint density at radius 3 is 2.80 bits per heavy atom. The number of nitrogens with one attached hydrogen (secondary N) is 1. The second kappa shape index (κ2) is 8.13. The lowest BCUT2D eigenvalue weighted by atomic mass is 10.3. The van der Waals surface area contributed by atoms with Crippen LogP contribution in [-0.2, 0) is 0 Å². The van der Waals surface area contributed by atoms with E-state index >= 15 is 0 Å². The maximum atomic E-state index is 4.47. The average molecular weight is 298 g/mol. The Bertz CT molecular complexity index is 317. The molecule has 1 saturated heterocycles. The first-order valence-corrected chi connectivity index (χ1v) is 9.14. The van der Waals surface area contributed by atoms with E-state index in [9.17, 15) is 0 Å². The number of guanidine groups is 1. The highest BCUT2D eigenvalue weighted by Crippen LogP contribution is 2.25. The maximum Gasteiger partial charge on any atom is 0.193 e. The SMILES string of the molecule is CCC1CN(C(=NC)NCCN(CC)C2CC2)CCS1. The van der Waals surface area contributed by atoms with Gasteiger partial charge in [0.05, 0.1) is 0 Å². The molecule has 1 atom stereocenters. The summed E-state index contributed by atoms with van der Waals surface area (Å²) < 4.78 is 0. The van der Waals surface area contributed by atoms with Gasteiger partial charge in [0.25, 0.3) is 0 Å². The molecule has 0 aromatic heterocycles. The topological polar surface area (TPSA) is 30.9 Å². The van der Waals surface area contributed by atoms with Crippen LogP contribution in [0, 0.1) is 0 Å². The van der Waals surface area contributed by atoms with Crippen LogP contribution < -0.4 is 5.32 Å². The molecule has 0 amide bonds. The molecule has 0 spiro atoms. The minimum absolute atomic E-state index is 0.765. The Labute approximate surface area is 128 Å². The molecule has 0 radical (unpaired) electrons. The first-order chi connectivity index (χ1) is 9.78. The van der Waals surface area contributed by atoms with Gasteiger partial charge in [-0.3, -0.25) is 9.89 Å². The first-order valence-electron chi connectivity index (χ1n) is 8.09. The van der Waals surface area contributed by atoms with Crippen LogP contribution in [0.1, 0.15) is 33.1 Å². The lowest BCUT2D eigenvalue weighted by Gasteiger charge is -2.34. The van der Waals surface area contributed by atoms with Gasteiger partial charge in [0, 0.05) is 50.3 Å². The van der Waals surface area contributed by atoms with Crippen molar-refractivity contribution in [3.8, 4) is 0 Å². The molecular weight excluding hydrogens is 268 g/mol. The smallest absolute Gasteiger partial charge is 0.193 e. The molecule has 0 aromatic rings. The predicted molar refractivity (Wildman–Crippen MR) is 89.7 cm³/mol. The zero-order valence-corrected chi connectivity index (χ0v) is 14.1. The van der Waals surface area contributed by atoms with E-state index in [2.05, 4.69) is 45.7 Å². The van der Waals surface area contributed by atoms with E-state index in [4.69, 9.17) is 0 Å². The summed E-state index contributed by atoms with van der Waals surface area (Å²) in [7, 11) is 1.91. The molecule has 1 aliphatic carbocycles. The van der Waals surface area contributed by atoms with Crippen molar-refractivity contribution in [2.24, 2.45) is 4.99 Å². The molecule has 1 aliphatic heterocycles. The summed E-state index contributed by atoms with van der Waals surface area (Å²) in [6.07, 6.45) is 4.04. The Hall–Kier alpha value is -0.420. The van der Waals surface area contributed by atoms with E-state index in [1.807, 2.05) is 7.05 Å². The van der Waals surface area contributed by atoms with Crippen LogP contribution in [0.2, 0.25) is 0 Å². The Kier molecular flexibility index (Phi) is 6.49. The fourth-order valence-corrected chi connectivity index (χ4v) is 4.02. The van der Waals surface area contributed by atoms with Crippen LogP contribution in [0.5, 0.6) is 0 Å². The van der Waals surface area contributed by atoms with Crippen molar-refractivity contribution in [1.82, 2.24) is 15.1 Å². The third kappa shape index (κ3) is 4.55. The molecule has 1 unspecified atom stereocenters. The van der Waals surface area contributed by atoms with E-state index in [1.165, 1.54) is 31.6 Å². The minimum atomic E-state index is 0.765. The first kappa shape index (κ1) is 16.0. The highest BCUT2D eigenvalue weighted by Gasteiger charge is 2.27. The molecule has 5 heteroatoms. The zero-order chi connectivity index (χ0) is 14.4. The summed E-state index contributed by atoms with van der Waals surface area (Å²) in [5, 5.41) is 4.32. The number of likely N-dealkylation sites (N-methyl/N-ethyl adjacent to an activating group) is 1. The molecule has 1 saturated carbocycles. The van der Waals surface area contributed by atoms with Gasteiger partial charge in [-0.2, -0.15) is 11.8 Å². The van der Waals surface area contributed by atoms with Gasteiger partial charge in [-0.15, -0.1) is 0 Å². The summed E-state index contributed by atoms with van der Waals surface area (Å²) in [6, 6.07) is 0.861. The largest absolute Gasteiger partial charge is 0.355 e. The van der Waals surface area contributed by atoms with Crippen LogP contribution in [-0.4, -0.2) is 72.6 Å². The average Bonchev–Trinajstić information content (AvgIpc) is 3.32. The fourth-order valence-electron chi connectivity index (χ4n) is 2.84. The van der Waals surface area contributed by atoms with Gasteiger partial charge in [-0.25, -0.2) is 0 Å². The van der Waals surface area contributed by atoms with Crippen molar-refractivity contribution in [3.05, 3.63) is 0 Å². The summed E-state index contributed by atoms with van der Waals surface area (Å²) in [6.45, 7) is 10.1. The van der Waals surface area contributed by atoms with Gasteiger partial charge in [-0.05, 0) is 25.8 Å². The number of aliphatic imine (C=N–C) groups is 1. The molecular formula is C15H30N4S. The van der Waals surface area contributed by atoms with Crippen molar-refractivity contribution in [3.63, 3.8) is 0 Å². The van der Waals surface area contributed by atoms with E-state index < -0.39 is 0 Å². The van der Waals surface area contributed by atoms with Crippen LogP contribution in [0.3, 0.4) is 0 Å². The molecule has 2 aliphatic rings. The van der Waals surface area contributed by atoms with Crippen molar-refractivity contribution in [1.29, 1.82) is 0 Å². The van der Waals surface area contributed by atoms with Crippen LogP contribution in [0.15, 0.2) is 4.99 Å². The Morgan fingerprint density at radius 1 is 1.40 bits per heavy atom. The summed E-state index contributed by atoms with van der Waals surface area (Å²) >= 11 is 2.11. The standard InChI is InChI=1S/C15H30N4S/c1-4-14-12-19(10-11-20-14)15(16-3)17-8-9-18(5-2)13-6-7-13/h13-14H,4-12H2,1-3H3,(H,16,17). The van der Waals surface area contributed by atoms with Crippen LogP contribution in [0.25, 0.3) is 0 Å². The van der Waals surface area contributed by atoms with Crippen LogP contribution >= 0.6 is 11.8 Å². The zero-order valence-electron chi connectivity index (χ0n) is 13.3. The second-order valence-electron chi connectivity index (χ2n) is 5.68. The lowest BCUT2D eigenvalue weighted by molar-refractivity contribution is 0.280. The van der Waals surface area contributed by atoms with Gasteiger partial charge in [0.2, 0.25) is 0 Å². The Balaban J connectivity index is 1.74. The molecule has 2 rings (SSSR count). The number of hydrogen-bond donors (Lipinski definition) is 1. The van der Waals surface area contributed by atoms with Crippen molar-refractivity contribution < 1.29 is 0 Å². The number of hydrogen-bond acceptors (Lipinski definition) is 3. The summed E-state index contributed by atoms with van der Waals surface area (Å²) in [5.74, 6) is 2.32. The van der Waals surface area contributed by atoms with Gasteiger partial charge < -0.3 is 10.2 Å². The molecule has 2 fully saturated rings. The third-order valence-corrected chi connectivity index (χ3v) is 5.63. The fraction of sp³-hybridized carbons (Fsp3) is 0.933. The third-order valence-electron chi connectivity index (χ3n) is 4.26. The molecule has 1 heterocycles. The van der Waals surface area contributed by atoms with Gasteiger partial charge in [-0.1, -0.05) is 13.8 Å². The van der Waals surface area contributed by atoms with Crippen molar-refractivity contribution in [2.75, 3.05) is 45.5 Å². The van der Waals surface area contributed by atoms with Gasteiger partial charge in [0.1, 0.15) is 0 Å². The Morgan fingerprint density at radius 2 is 2.20 bits per heavy atom. The van der Waals surface area contributed by atoms with E-state index in [0.717, 1.165) is 43.4 Å². The van der Waals surface area contributed by atoms with Crippen molar-refractivity contribution >= 4 is 17.7 Å². The summed E-state index contributed by atoms with van der Waals surface area (Å²) in [4.78, 5) is 9.48. The normalized spacial score (nSPS) is 24.3. The minimum Gasteiger partial charge on any atom is -0.355 e. The van der Waals surface area contributed by atoms with Crippen LogP contribution in [0.4, 0.5) is 0 Å². The number of thioether (sulfide) groups is 1. The van der Waals surface area contributed by atoms with Gasteiger partial charge in [0.15, 0.2) is 5.96 Å². The predicted octanol–water partition coefficient (Wildman–Crippen LogP) is 1.87. The monoisotopic (exact) mass is 298 g/mol. The maximum absolute atomic E-state index is 4.47. The number of nitrogens with zero attached hydrogens (tertiary/aromatic N) is 3. The van der Waals surface area contributed by atoms with E-state index in [0.29, 0.717) is 0 Å². The molecule has 4 nitrogen and oxygen atoms in total. The highest BCUT2D eigenvalue weighted by atomic mass is 32.2. The molecule has 0 bridgehead atoms. The second-order valence-corrected chi connectivity index (χ2v) is 7.09. The number of rotatable bonds is 6. The highest BCUT2D eigenvalue weighted by molar-refractivity contribution is 8.00. The summed E-state index contributed by atoms with van der Waals surface area (Å²) in [5.41, 5.74) is 0. The van der Waals surface area contributed by atoms with Crippen molar-refractivity contribution in [2.45, 2.75) is 44.4 Å². The molecule has 116 valence electrons. The lowest BCUT2D eigenvalue weighted by Crippen LogP contribution is -2.49. The van der Waals surface area contributed by atoms with E-state index in [-0.39, 0.29) is 0 Å².